The van der Waals surface area contributed by atoms with Crippen LogP contribution in [0, 0.1) is 0 Å². The lowest BCUT2D eigenvalue weighted by atomic mass is 10.2. The van der Waals surface area contributed by atoms with Gasteiger partial charge in [0.15, 0.2) is 0 Å². The average Bonchev–Trinajstić information content (AvgIpc) is 2.25. The fraction of sp³-hybridized carbons (Fsp3) is 1.00. The largest absolute Gasteiger partial charge is 0.328 e. The monoisotopic (exact) mass is 234 g/mol. The molecule has 0 spiro atoms. The van der Waals surface area contributed by atoms with Crippen molar-refractivity contribution in [1.82, 2.24) is 0 Å². The third-order valence-corrected chi connectivity index (χ3v) is 5.27. The van der Waals surface area contributed by atoms with Crippen LogP contribution in [0.25, 0.3) is 0 Å². The summed E-state index contributed by atoms with van der Waals surface area (Å²) in [6, 6.07) is 0. The first-order valence-corrected chi connectivity index (χ1v) is 8.40. The van der Waals surface area contributed by atoms with E-state index in [-0.39, 0.29) is 0 Å². The van der Waals surface area contributed by atoms with E-state index in [2.05, 4.69) is 13.8 Å². The number of hydrogen-bond acceptors (Lipinski definition) is 2. The molecule has 0 fully saturated rings. The molecule has 0 aromatic carbocycles. The van der Waals surface area contributed by atoms with Gasteiger partial charge in [0, 0.05) is 12.3 Å². The fourth-order valence-corrected chi connectivity index (χ4v) is 3.26. The zero-order valence-corrected chi connectivity index (χ0v) is 11.5. The van der Waals surface area contributed by atoms with Crippen LogP contribution in [0.5, 0.6) is 0 Å². The van der Waals surface area contributed by atoms with Crippen molar-refractivity contribution in [2.75, 3.05) is 18.9 Å². The number of unbranched alkanes of at least 4 members (excludes halogenated alkanes) is 4. The maximum atomic E-state index is 12.2. The fourth-order valence-electron chi connectivity index (χ4n) is 1.47. The minimum Gasteiger partial charge on any atom is -0.328 e. The maximum absolute atomic E-state index is 12.2. The zero-order valence-electron chi connectivity index (χ0n) is 10.6. The first kappa shape index (κ1) is 15.2. The van der Waals surface area contributed by atoms with Gasteiger partial charge in [-0.1, -0.05) is 46.5 Å². The molecule has 0 aliphatic carbocycles. The molecule has 0 aliphatic rings. The molecular weight excluding hydrogens is 207 g/mol. The van der Waals surface area contributed by atoms with Crippen molar-refractivity contribution in [1.29, 1.82) is 0 Å². The molecule has 0 heterocycles. The second-order valence-corrected chi connectivity index (χ2v) is 7.07. The van der Waals surface area contributed by atoms with Gasteiger partial charge in [0.1, 0.15) is 0 Å². The molecule has 0 aromatic rings. The van der Waals surface area contributed by atoms with Crippen LogP contribution in [0.15, 0.2) is 0 Å². The van der Waals surface area contributed by atoms with E-state index in [1.54, 1.807) is 0 Å². The van der Waals surface area contributed by atoms with Crippen molar-refractivity contribution in [2.45, 2.75) is 59.3 Å². The summed E-state index contributed by atoms with van der Waals surface area (Å²) in [6.07, 6.45) is 8.35. The molecule has 2 nitrogen and oxygen atoms in total. The Labute approximate surface area is 95.2 Å². The molecule has 0 rings (SSSR count). The van der Waals surface area contributed by atoms with E-state index in [0.717, 1.165) is 25.4 Å². The molecule has 0 aromatic heterocycles. The number of rotatable bonds is 10. The lowest BCUT2D eigenvalue weighted by Crippen LogP contribution is -2.00. The summed E-state index contributed by atoms with van der Waals surface area (Å²) in [4.78, 5) is 0. The highest BCUT2D eigenvalue weighted by Crippen LogP contribution is 2.47. The lowest BCUT2D eigenvalue weighted by Gasteiger charge is -2.16. The Bertz CT molecular complexity index is 180. The van der Waals surface area contributed by atoms with Crippen molar-refractivity contribution >= 4 is 7.37 Å². The molecule has 0 amide bonds. The average molecular weight is 234 g/mol. The van der Waals surface area contributed by atoms with E-state index in [4.69, 9.17) is 4.52 Å². The van der Waals surface area contributed by atoms with Crippen LogP contribution in [0.3, 0.4) is 0 Å². The van der Waals surface area contributed by atoms with Gasteiger partial charge in [0.05, 0.1) is 6.61 Å². The first-order valence-electron chi connectivity index (χ1n) is 6.41. The summed E-state index contributed by atoms with van der Waals surface area (Å²) >= 11 is 0. The Hall–Kier alpha value is 0.190. The molecular formula is C12H27O2P. The summed E-state index contributed by atoms with van der Waals surface area (Å²) in [5.41, 5.74) is 0. The standard InChI is InChI=1S/C12H27O2P/c1-4-7-9-10-12-15(13,6-3)14-11-8-5-2/h4-12H2,1-3H3. The smallest absolute Gasteiger partial charge is 0.202 e. The Kier molecular flexibility index (Phi) is 9.54. The van der Waals surface area contributed by atoms with E-state index in [1.807, 2.05) is 6.92 Å². The maximum Gasteiger partial charge on any atom is 0.202 e. The molecule has 1 atom stereocenters. The lowest BCUT2D eigenvalue weighted by molar-refractivity contribution is 0.305. The highest BCUT2D eigenvalue weighted by atomic mass is 31.2. The van der Waals surface area contributed by atoms with Gasteiger partial charge in [0.2, 0.25) is 7.37 Å². The molecule has 1 unspecified atom stereocenters. The second-order valence-electron chi connectivity index (χ2n) is 4.10. The van der Waals surface area contributed by atoms with Crippen LogP contribution in [-0.4, -0.2) is 18.9 Å². The molecule has 92 valence electrons. The Morgan fingerprint density at radius 1 is 0.933 bits per heavy atom. The van der Waals surface area contributed by atoms with Gasteiger partial charge in [0.25, 0.3) is 0 Å². The summed E-state index contributed by atoms with van der Waals surface area (Å²) in [5.74, 6) is 0. The zero-order chi connectivity index (χ0) is 11.6. The molecule has 0 N–H and O–H groups in total. The number of hydrogen-bond donors (Lipinski definition) is 0. The van der Waals surface area contributed by atoms with Gasteiger partial charge in [-0.05, 0) is 12.8 Å². The third-order valence-electron chi connectivity index (χ3n) is 2.66. The quantitative estimate of drug-likeness (QED) is 0.405. The van der Waals surface area contributed by atoms with Gasteiger partial charge in [-0.15, -0.1) is 0 Å². The van der Waals surface area contributed by atoms with E-state index < -0.39 is 7.37 Å². The Morgan fingerprint density at radius 3 is 2.13 bits per heavy atom. The highest BCUT2D eigenvalue weighted by Gasteiger charge is 2.19. The SMILES string of the molecule is CCCCCCP(=O)(CC)OCCCC. The van der Waals surface area contributed by atoms with Crippen LogP contribution in [-0.2, 0) is 9.09 Å². The summed E-state index contributed by atoms with van der Waals surface area (Å²) in [7, 11) is -2.27. The Balaban J connectivity index is 3.70. The van der Waals surface area contributed by atoms with Crippen molar-refractivity contribution in [3.8, 4) is 0 Å². The van der Waals surface area contributed by atoms with E-state index in [9.17, 15) is 4.57 Å². The second kappa shape index (κ2) is 9.42. The van der Waals surface area contributed by atoms with Gasteiger partial charge in [-0.2, -0.15) is 0 Å². The highest BCUT2D eigenvalue weighted by molar-refractivity contribution is 7.58. The van der Waals surface area contributed by atoms with Gasteiger partial charge in [-0.3, -0.25) is 4.57 Å². The van der Waals surface area contributed by atoms with Crippen molar-refractivity contribution in [3.63, 3.8) is 0 Å². The van der Waals surface area contributed by atoms with Crippen molar-refractivity contribution in [3.05, 3.63) is 0 Å². The van der Waals surface area contributed by atoms with E-state index >= 15 is 0 Å². The van der Waals surface area contributed by atoms with Crippen LogP contribution in [0.4, 0.5) is 0 Å². The molecule has 3 heteroatoms. The van der Waals surface area contributed by atoms with Gasteiger partial charge >= 0.3 is 0 Å². The van der Waals surface area contributed by atoms with Crippen LogP contribution in [0.2, 0.25) is 0 Å². The predicted molar refractivity (Wildman–Crippen MR) is 68.0 cm³/mol. The van der Waals surface area contributed by atoms with E-state index in [0.29, 0.717) is 12.8 Å². The molecule has 0 radical (unpaired) electrons. The molecule has 0 saturated heterocycles. The molecule has 0 saturated carbocycles. The van der Waals surface area contributed by atoms with Crippen molar-refractivity contribution < 1.29 is 9.09 Å². The van der Waals surface area contributed by atoms with Crippen LogP contribution < -0.4 is 0 Å². The molecule has 0 aliphatic heterocycles. The first-order chi connectivity index (χ1) is 7.18. The van der Waals surface area contributed by atoms with Gasteiger partial charge < -0.3 is 4.52 Å². The molecule has 0 bridgehead atoms. The van der Waals surface area contributed by atoms with Gasteiger partial charge in [-0.25, -0.2) is 0 Å². The Morgan fingerprint density at radius 2 is 1.60 bits per heavy atom. The van der Waals surface area contributed by atoms with Crippen molar-refractivity contribution in [2.24, 2.45) is 0 Å². The van der Waals surface area contributed by atoms with E-state index in [1.165, 1.54) is 19.3 Å². The summed E-state index contributed by atoms with van der Waals surface area (Å²) in [5, 5.41) is 0. The predicted octanol–water partition coefficient (Wildman–Crippen LogP) is 4.68. The minimum absolute atomic E-state index is 0.676. The third kappa shape index (κ3) is 8.04. The normalized spacial score (nSPS) is 15.1. The van der Waals surface area contributed by atoms with Crippen LogP contribution in [0.1, 0.15) is 59.3 Å². The molecule has 15 heavy (non-hydrogen) atoms. The minimum atomic E-state index is -2.27. The van der Waals surface area contributed by atoms with Crippen LogP contribution >= 0.6 is 7.37 Å². The topological polar surface area (TPSA) is 26.3 Å². The summed E-state index contributed by atoms with van der Waals surface area (Å²) < 4.78 is 17.8. The summed E-state index contributed by atoms with van der Waals surface area (Å²) in [6.45, 7) is 6.97.